The first-order chi connectivity index (χ1) is 14.8. The summed E-state index contributed by atoms with van der Waals surface area (Å²) in [6.07, 6.45) is 0. The fourth-order valence-corrected chi connectivity index (χ4v) is 7.43. The van der Waals surface area contributed by atoms with Gasteiger partial charge >= 0.3 is 20.6 Å². The zero-order valence-electron chi connectivity index (χ0n) is 18.0. The van der Waals surface area contributed by atoms with Crippen LogP contribution < -0.4 is 8.25 Å². The SMILES string of the molecule is Cc1c(S(=O)(=O)NS(=O)(=O)O)ccc2c1C(=O)c1ccc(S(=O)(=O)NS(=O)(=O)O)cc1C2=O.[Na].[Na]. The molecule has 0 bridgehead atoms. The minimum atomic E-state index is -5.19. The molecule has 1 aliphatic carbocycles. The zero-order valence-corrected chi connectivity index (χ0v) is 25.3. The van der Waals surface area contributed by atoms with Gasteiger partial charge in [0.1, 0.15) is 0 Å². The smallest absolute Gasteiger partial charge is 0.289 e. The van der Waals surface area contributed by atoms with Gasteiger partial charge in [-0.1, -0.05) is 8.25 Å². The second-order valence-electron chi connectivity index (χ2n) is 6.60. The molecule has 14 nitrogen and oxygen atoms in total. The first kappa shape index (κ1) is 32.4. The molecule has 0 atom stereocenters. The predicted molar refractivity (Wildman–Crippen MR) is 120 cm³/mol. The number of ketones is 2. The monoisotopic (exact) mass is 586 g/mol. The Hall–Kier alpha value is -0.580. The zero-order chi connectivity index (χ0) is 25.1. The first-order valence-electron chi connectivity index (χ1n) is 8.23. The van der Waals surface area contributed by atoms with E-state index in [1.54, 1.807) is 0 Å². The summed E-state index contributed by atoms with van der Waals surface area (Å²) in [5.74, 6) is -1.83. The van der Waals surface area contributed by atoms with Gasteiger partial charge in [-0.05, 0) is 42.8 Å². The third-order valence-electron chi connectivity index (χ3n) is 4.40. The van der Waals surface area contributed by atoms with Gasteiger partial charge in [-0.2, -0.15) is 16.8 Å². The van der Waals surface area contributed by atoms with Gasteiger partial charge in [-0.15, -0.1) is 0 Å². The van der Waals surface area contributed by atoms with Crippen LogP contribution in [-0.4, -0.2) is 113 Å². The minimum Gasteiger partial charge on any atom is -0.289 e. The first-order valence-corrected chi connectivity index (χ1v) is 14.1. The second kappa shape index (κ2) is 10.7. The largest absolute Gasteiger partial charge is 0.346 e. The summed E-state index contributed by atoms with van der Waals surface area (Å²) in [4.78, 5) is 24.4. The molecular formula is C15H12N2Na2O12S4. The van der Waals surface area contributed by atoms with Crippen LogP contribution in [-0.2, 0) is 40.7 Å². The van der Waals surface area contributed by atoms with Crippen LogP contribution in [0.1, 0.15) is 37.4 Å². The topological polar surface area (TPSA) is 235 Å². The van der Waals surface area contributed by atoms with Gasteiger partial charge in [-0.3, -0.25) is 18.7 Å². The number of sulfonamides is 2. The third kappa shape index (κ3) is 6.85. The Morgan fingerprint density at radius 3 is 1.66 bits per heavy atom. The molecule has 0 unspecified atom stereocenters. The van der Waals surface area contributed by atoms with Gasteiger partial charge in [-0.25, -0.2) is 16.8 Å². The number of nitrogens with one attached hydrogen (secondary N) is 2. The number of carbonyl (C=O) groups is 2. The van der Waals surface area contributed by atoms with Gasteiger partial charge in [0.05, 0.1) is 9.79 Å². The molecule has 35 heavy (non-hydrogen) atoms. The molecular weight excluding hydrogens is 574 g/mol. The molecule has 1 aliphatic rings. The van der Waals surface area contributed by atoms with Crippen LogP contribution in [0.15, 0.2) is 40.1 Å². The Morgan fingerprint density at radius 2 is 1.14 bits per heavy atom. The van der Waals surface area contributed by atoms with Crippen LogP contribution >= 0.6 is 0 Å². The summed E-state index contributed by atoms with van der Waals surface area (Å²) < 4.78 is 112. The normalized spacial score (nSPS) is 13.8. The molecule has 0 aliphatic heterocycles. The molecule has 0 saturated heterocycles. The van der Waals surface area contributed by atoms with Crippen LogP contribution in [0.5, 0.6) is 0 Å². The molecule has 2 aromatic rings. The Kier molecular flexibility index (Phi) is 9.88. The summed E-state index contributed by atoms with van der Waals surface area (Å²) in [5.41, 5.74) is -1.86. The van der Waals surface area contributed by atoms with Crippen molar-refractivity contribution >= 4 is 111 Å². The van der Waals surface area contributed by atoms with Gasteiger partial charge < -0.3 is 0 Å². The molecule has 3 rings (SSSR count). The van der Waals surface area contributed by atoms with Gasteiger partial charge in [0, 0.05) is 81.4 Å². The maximum atomic E-state index is 13.0. The fraction of sp³-hybridized carbons (Fsp3) is 0.0667. The van der Waals surface area contributed by atoms with Crippen LogP contribution in [0.2, 0.25) is 0 Å². The number of hydrogen-bond acceptors (Lipinski definition) is 10. The van der Waals surface area contributed by atoms with E-state index in [0.29, 0.717) is 6.07 Å². The van der Waals surface area contributed by atoms with Crippen molar-refractivity contribution in [2.24, 2.45) is 0 Å². The molecule has 0 heterocycles. The second-order valence-corrected chi connectivity index (χ2v) is 12.8. The Balaban J connectivity index is 0.00000306. The van der Waals surface area contributed by atoms with E-state index in [4.69, 9.17) is 9.11 Å². The van der Waals surface area contributed by atoms with Crippen molar-refractivity contribution < 1.29 is 52.4 Å². The maximum absolute atomic E-state index is 13.0. The van der Waals surface area contributed by atoms with Crippen molar-refractivity contribution in [1.82, 2.24) is 8.25 Å². The molecule has 0 aromatic heterocycles. The number of hydrogen-bond donors (Lipinski definition) is 4. The molecule has 2 aromatic carbocycles. The number of fused-ring (bicyclic) bond motifs is 2. The van der Waals surface area contributed by atoms with Crippen LogP contribution in [0.3, 0.4) is 0 Å². The van der Waals surface area contributed by atoms with E-state index in [9.17, 15) is 43.3 Å². The summed E-state index contributed by atoms with van der Waals surface area (Å²) in [6, 6.07) is 4.05. The van der Waals surface area contributed by atoms with E-state index in [1.165, 1.54) is 0 Å². The van der Waals surface area contributed by atoms with Crippen molar-refractivity contribution in [2.45, 2.75) is 16.7 Å². The standard InChI is InChI=1S/C15H12N2O12S4.2Na/c1-7-12(31(22,23)17-33(27,28)29)5-4-10-13(7)15(19)9-3-2-8(6-11(9)14(10)18)30(20,21)16-32(24,25)26;;/h2-6,16-17H,1H3,(H,24,25,26)(H,27,28,29);;. The molecule has 0 spiro atoms. The van der Waals surface area contributed by atoms with E-state index in [1.807, 2.05) is 0 Å². The Bertz CT molecular complexity index is 1680. The summed E-state index contributed by atoms with van der Waals surface area (Å²) >= 11 is 0. The third-order valence-corrected chi connectivity index (χ3v) is 9.73. The summed E-state index contributed by atoms with van der Waals surface area (Å²) in [6.45, 7) is 1.11. The van der Waals surface area contributed by atoms with Crippen molar-refractivity contribution in [3.8, 4) is 0 Å². The van der Waals surface area contributed by atoms with Crippen molar-refractivity contribution in [3.05, 3.63) is 58.1 Å². The molecule has 2 radical (unpaired) electrons. The average molecular weight is 587 g/mol. The summed E-state index contributed by atoms with van der Waals surface area (Å²) in [7, 11) is -20.1. The predicted octanol–water partition coefficient (Wildman–Crippen LogP) is -1.83. The Morgan fingerprint density at radius 1 is 0.657 bits per heavy atom. The quantitative estimate of drug-likeness (QED) is 0.184. The van der Waals surface area contributed by atoms with Crippen LogP contribution in [0, 0.1) is 6.92 Å². The minimum absolute atomic E-state index is 0. The number of rotatable bonds is 6. The average Bonchev–Trinajstić information content (AvgIpc) is 2.61. The molecule has 0 fully saturated rings. The maximum Gasteiger partial charge on any atom is 0.346 e. The molecule has 20 heteroatoms. The van der Waals surface area contributed by atoms with E-state index in [2.05, 4.69) is 0 Å². The van der Waals surface area contributed by atoms with Crippen LogP contribution in [0.25, 0.3) is 0 Å². The summed E-state index contributed by atoms with van der Waals surface area (Å²) in [5, 5.41) is 0. The number of carbonyl (C=O) groups excluding carboxylic acids is 2. The van der Waals surface area contributed by atoms with Gasteiger partial charge in [0.2, 0.25) is 0 Å². The van der Waals surface area contributed by atoms with E-state index in [0.717, 1.165) is 39.4 Å². The number of benzene rings is 2. The van der Waals surface area contributed by atoms with Gasteiger partial charge in [0.15, 0.2) is 11.6 Å². The van der Waals surface area contributed by atoms with Gasteiger partial charge in [0.25, 0.3) is 20.0 Å². The Labute approximate surface area is 244 Å². The van der Waals surface area contributed by atoms with Crippen molar-refractivity contribution in [3.63, 3.8) is 0 Å². The van der Waals surface area contributed by atoms with E-state index < -0.39 is 73.1 Å². The van der Waals surface area contributed by atoms with Crippen molar-refractivity contribution in [1.29, 1.82) is 0 Å². The molecule has 180 valence electrons. The fourth-order valence-electron chi connectivity index (χ4n) is 3.19. The van der Waals surface area contributed by atoms with E-state index in [-0.39, 0.29) is 75.8 Å². The van der Waals surface area contributed by atoms with Crippen LogP contribution in [0.4, 0.5) is 0 Å². The van der Waals surface area contributed by atoms with E-state index >= 15 is 0 Å². The van der Waals surface area contributed by atoms with Crippen molar-refractivity contribution in [2.75, 3.05) is 0 Å². The molecule has 4 N–H and O–H groups in total. The molecule has 0 saturated carbocycles. The molecule has 0 amide bonds.